The summed E-state index contributed by atoms with van der Waals surface area (Å²) < 4.78 is 0. The van der Waals surface area contributed by atoms with Gasteiger partial charge in [-0.2, -0.15) is 0 Å². The first-order valence-corrected chi connectivity index (χ1v) is 4.79. The van der Waals surface area contributed by atoms with Crippen molar-refractivity contribution < 1.29 is 20.4 Å². The molecule has 2 saturated carbocycles. The fourth-order valence-corrected chi connectivity index (χ4v) is 2.80. The van der Waals surface area contributed by atoms with Gasteiger partial charge < -0.3 is 20.4 Å². The van der Waals surface area contributed by atoms with E-state index >= 15 is 0 Å². The fourth-order valence-electron chi connectivity index (χ4n) is 2.80. The summed E-state index contributed by atoms with van der Waals surface area (Å²) >= 11 is 0. The predicted molar refractivity (Wildman–Crippen MR) is 48.6 cm³/mol. The molecule has 0 aliphatic heterocycles. The number of nitrogens with zero attached hydrogens (tertiary/aromatic N) is 3. The van der Waals surface area contributed by atoms with Crippen LogP contribution in [0.2, 0.25) is 0 Å². The van der Waals surface area contributed by atoms with E-state index in [1.165, 1.54) is 0 Å². The Morgan fingerprint density at radius 1 is 1.53 bits per heavy atom. The maximum atomic E-state index is 9.75. The number of fused-ring (bicyclic) bond motifs is 1. The summed E-state index contributed by atoms with van der Waals surface area (Å²) in [7, 11) is 0. The van der Waals surface area contributed by atoms with Crippen LogP contribution in [0.15, 0.2) is 5.11 Å². The van der Waals surface area contributed by atoms with Crippen LogP contribution in [0, 0.1) is 11.3 Å². The van der Waals surface area contributed by atoms with E-state index in [1.54, 1.807) is 0 Å². The topological polar surface area (TPSA) is 130 Å². The molecule has 15 heavy (non-hydrogen) atoms. The van der Waals surface area contributed by atoms with E-state index in [9.17, 15) is 15.3 Å². The van der Waals surface area contributed by atoms with Crippen LogP contribution in [0.3, 0.4) is 0 Å². The number of hydrogen-bond acceptors (Lipinski definition) is 5. The van der Waals surface area contributed by atoms with Crippen molar-refractivity contribution >= 4 is 0 Å². The first kappa shape index (κ1) is 10.7. The highest BCUT2D eigenvalue weighted by Crippen LogP contribution is 2.66. The molecule has 0 spiro atoms. The minimum Gasteiger partial charge on any atom is -0.394 e. The standard InChI is InChI=1S/C8H13N3O4/c9-11-10-5-3-1-8(3,4(13)2-12)7(15)6(5)14/h3-7,12-15H,1-2H2/t3-,4+,5-,6-,7+,8-/m1/s1. The van der Waals surface area contributed by atoms with Crippen LogP contribution in [-0.2, 0) is 0 Å². The molecular weight excluding hydrogens is 202 g/mol. The van der Waals surface area contributed by atoms with Gasteiger partial charge in [0.25, 0.3) is 0 Å². The van der Waals surface area contributed by atoms with Crippen LogP contribution in [0.25, 0.3) is 10.4 Å². The van der Waals surface area contributed by atoms with Crippen LogP contribution in [0.5, 0.6) is 0 Å². The molecule has 0 amide bonds. The van der Waals surface area contributed by atoms with Crippen molar-refractivity contribution in [2.24, 2.45) is 16.4 Å². The first-order chi connectivity index (χ1) is 7.09. The molecule has 2 fully saturated rings. The van der Waals surface area contributed by atoms with Gasteiger partial charge in [0.1, 0.15) is 0 Å². The number of azide groups is 1. The van der Waals surface area contributed by atoms with Crippen molar-refractivity contribution in [1.29, 1.82) is 0 Å². The lowest BCUT2D eigenvalue weighted by Crippen LogP contribution is -2.41. The monoisotopic (exact) mass is 215 g/mol. The first-order valence-electron chi connectivity index (χ1n) is 4.79. The lowest BCUT2D eigenvalue weighted by atomic mass is 9.93. The van der Waals surface area contributed by atoms with Crippen molar-refractivity contribution in [3.63, 3.8) is 0 Å². The van der Waals surface area contributed by atoms with Crippen LogP contribution in [0.1, 0.15) is 6.42 Å². The molecule has 2 aliphatic rings. The minimum absolute atomic E-state index is 0.236. The molecule has 0 radical (unpaired) electrons. The molecule has 6 atom stereocenters. The molecule has 0 aromatic heterocycles. The summed E-state index contributed by atoms with van der Waals surface area (Å²) in [4.78, 5) is 2.61. The molecule has 7 heteroatoms. The maximum absolute atomic E-state index is 9.75. The molecule has 0 aromatic rings. The molecule has 0 heterocycles. The second-order valence-electron chi connectivity index (χ2n) is 4.25. The third-order valence-corrected chi connectivity index (χ3v) is 3.72. The number of aliphatic hydroxyl groups is 4. The van der Waals surface area contributed by atoms with Crippen molar-refractivity contribution in [1.82, 2.24) is 0 Å². The molecule has 7 nitrogen and oxygen atoms in total. The molecule has 0 unspecified atom stereocenters. The third kappa shape index (κ3) is 1.18. The Balaban J connectivity index is 2.24. The Hall–Kier alpha value is -0.850. The van der Waals surface area contributed by atoms with Crippen LogP contribution < -0.4 is 0 Å². The number of aliphatic hydroxyl groups excluding tert-OH is 4. The highest BCUT2D eigenvalue weighted by atomic mass is 16.3. The van der Waals surface area contributed by atoms with Gasteiger partial charge in [-0.05, 0) is 17.9 Å². The highest BCUT2D eigenvalue weighted by Gasteiger charge is 2.73. The molecule has 2 aliphatic carbocycles. The summed E-state index contributed by atoms with van der Waals surface area (Å²) in [5.74, 6) is -0.236. The Morgan fingerprint density at radius 2 is 2.20 bits per heavy atom. The lowest BCUT2D eigenvalue weighted by Gasteiger charge is -2.25. The summed E-state index contributed by atoms with van der Waals surface area (Å²) in [5, 5.41) is 41.2. The lowest BCUT2D eigenvalue weighted by molar-refractivity contribution is -0.0643. The van der Waals surface area contributed by atoms with Gasteiger partial charge in [-0.15, -0.1) is 0 Å². The van der Waals surface area contributed by atoms with Gasteiger partial charge in [-0.1, -0.05) is 5.11 Å². The predicted octanol–water partition coefficient (Wildman–Crippen LogP) is -1.24. The number of rotatable bonds is 3. The van der Waals surface area contributed by atoms with E-state index in [4.69, 9.17) is 10.6 Å². The Labute approximate surface area is 85.6 Å². The molecule has 0 aromatic carbocycles. The summed E-state index contributed by atoms with van der Waals surface area (Å²) in [6, 6.07) is -0.703. The zero-order valence-electron chi connectivity index (χ0n) is 7.93. The van der Waals surface area contributed by atoms with Crippen LogP contribution in [-0.4, -0.2) is 51.4 Å². The van der Waals surface area contributed by atoms with E-state index in [2.05, 4.69) is 10.0 Å². The molecule has 0 saturated heterocycles. The van der Waals surface area contributed by atoms with Crippen molar-refractivity contribution in [2.45, 2.75) is 30.8 Å². The molecule has 2 rings (SSSR count). The van der Waals surface area contributed by atoms with E-state index in [0.717, 1.165) is 0 Å². The van der Waals surface area contributed by atoms with Crippen LogP contribution >= 0.6 is 0 Å². The third-order valence-electron chi connectivity index (χ3n) is 3.72. The van der Waals surface area contributed by atoms with E-state index < -0.39 is 36.4 Å². The smallest absolute Gasteiger partial charge is 0.0893 e. The van der Waals surface area contributed by atoms with Gasteiger partial charge in [-0.25, -0.2) is 0 Å². The average Bonchev–Trinajstić information content (AvgIpc) is 2.94. The van der Waals surface area contributed by atoms with Crippen molar-refractivity contribution in [3.8, 4) is 0 Å². The molecule has 0 bridgehead atoms. The Morgan fingerprint density at radius 3 is 2.73 bits per heavy atom. The quantitative estimate of drug-likeness (QED) is 0.266. The minimum atomic E-state index is -1.15. The van der Waals surface area contributed by atoms with Gasteiger partial charge >= 0.3 is 0 Å². The SMILES string of the molecule is [N-]=[N+]=N[C@H]1[C@@H](O)[C@H](O)[C@]2([C@@H](O)CO)C[C@H]12. The fraction of sp³-hybridized carbons (Fsp3) is 1.00. The van der Waals surface area contributed by atoms with Gasteiger partial charge in [0, 0.05) is 10.3 Å². The zero-order valence-corrected chi connectivity index (χ0v) is 7.93. The van der Waals surface area contributed by atoms with E-state index in [0.29, 0.717) is 6.42 Å². The molecular formula is C8H13N3O4. The average molecular weight is 215 g/mol. The normalized spacial score (nSPS) is 49.3. The maximum Gasteiger partial charge on any atom is 0.0893 e. The van der Waals surface area contributed by atoms with E-state index in [1.807, 2.05) is 0 Å². The summed E-state index contributed by atoms with van der Waals surface area (Å²) in [6.45, 7) is -0.469. The van der Waals surface area contributed by atoms with Crippen molar-refractivity contribution in [2.75, 3.05) is 6.61 Å². The highest BCUT2D eigenvalue weighted by molar-refractivity contribution is 5.24. The second-order valence-corrected chi connectivity index (χ2v) is 4.25. The van der Waals surface area contributed by atoms with Gasteiger partial charge in [-0.3, -0.25) is 0 Å². The second kappa shape index (κ2) is 3.33. The Kier molecular flexibility index (Phi) is 2.37. The Bertz CT molecular complexity index is 319. The summed E-state index contributed by atoms with van der Waals surface area (Å²) in [6.07, 6.45) is -2.90. The van der Waals surface area contributed by atoms with Gasteiger partial charge in [0.15, 0.2) is 0 Å². The summed E-state index contributed by atoms with van der Waals surface area (Å²) in [5.41, 5.74) is 7.42. The zero-order chi connectivity index (χ0) is 11.2. The van der Waals surface area contributed by atoms with E-state index in [-0.39, 0.29) is 5.92 Å². The van der Waals surface area contributed by atoms with Crippen molar-refractivity contribution in [3.05, 3.63) is 10.4 Å². The van der Waals surface area contributed by atoms with Crippen LogP contribution in [0.4, 0.5) is 0 Å². The number of hydrogen-bond donors (Lipinski definition) is 4. The largest absolute Gasteiger partial charge is 0.394 e. The molecule has 84 valence electrons. The van der Waals surface area contributed by atoms with Gasteiger partial charge in [0.2, 0.25) is 0 Å². The molecule has 4 N–H and O–H groups in total. The van der Waals surface area contributed by atoms with Gasteiger partial charge in [0.05, 0.1) is 31.0 Å².